The number of aryl methyl sites for hydroxylation is 2. The van der Waals surface area contributed by atoms with Crippen LogP contribution in [-0.4, -0.2) is 31.2 Å². The number of halogens is 1. The molecule has 0 aliphatic carbocycles. The lowest BCUT2D eigenvalue weighted by molar-refractivity contribution is 0.316. The highest BCUT2D eigenvalue weighted by atomic mass is 35.5. The monoisotopic (exact) mass is 317 g/mol. The van der Waals surface area contributed by atoms with E-state index in [1.165, 1.54) is 0 Å². The van der Waals surface area contributed by atoms with E-state index in [1.807, 2.05) is 33.8 Å². The first-order chi connectivity index (χ1) is 9.38. The molecule has 20 heavy (non-hydrogen) atoms. The number of benzene rings is 1. The first-order valence-electron chi connectivity index (χ1n) is 7.03. The summed E-state index contributed by atoms with van der Waals surface area (Å²) in [4.78, 5) is 0.359. The Morgan fingerprint density at radius 3 is 2.20 bits per heavy atom. The van der Waals surface area contributed by atoms with Crippen LogP contribution in [0, 0.1) is 13.8 Å². The molecule has 0 radical (unpaired) electrons. The maximum Gasteiger partial charge on any atom is 0.243 e. The summed E-state index contributed by atoms with van der Waals surface area (Å²) in [5, 5.41) is 0. The van der Waals surface area contributed by atoms with Gasteiger partial charge in [-0.25, -0.2) is 8.42 Å². The molecule has 0 N–H and O–H groups in total. The minimum Gasteiger partial charge on any atom is -0.207 e. The van der Waals surface area contributed by atoms with Crippen LogP contribution in [0.15, 0.2) is 23.1 Å². The number of hydrogen-bond donors (Lipinski definition) is 0. The van der Waals surface area contributed by atoms with Gasteiger partial charge in [-0.05, 0) is 49.9 Å². The van der Waals surface area contributed by atoms with Crippen LogP contribution in [0.4, 0.5) is 0 Å². The summed E-state index contributed by atoms with van der Waals surface area (Å²) in [7, 11) is -3.48. The van der Waals surface area contributed by atoms with Gasteiger partial charge in [0.15, 0.2) is 0 Å². The second-order valence-corrected chi connectivity index (χ2v) is 7.29. The van der Waals surface area contributed by atoms with Crippen molar-refractivity contribution in [3.63, 3.8) is 0 Å². The Hall–Kier alpha value is -0.580. The molecule has 0 heterocycles. The fraction of sp³-hybridized carbons (Fsp3) is 0.600. The topological polar surface area (TPSA) is 37.4 Å². The van der Waals surface area contributed by atoms with Gasteiger partial charge in [0.2, 0.25) is 10.0 Å². The molecule has 1 aromatic carbocycles. The van der Waals surface area contributed by atoms with E-state index >= 15 is 0 Å². The molecule has 0 aliphatic heterocycles. The molecular weight excluding hydrogens is 294 g/mol. The van der Waals surface area contributed by atoms with Crippen molar-refractivity contribution in [1.29, 1.82) is 0 Å². The van der Waals surface area contributed by atoms with E-state index in [1.54, 1.807) is 16.4 Å². The summed E-state index contributed by atoms with van der Waals surface area (Å²) in [6.45, 7) is 8.26. The van der Waals surface area contributed by atoms with E-state index in [9.17, 15) is 8.42 Å². The van der Waals surface area contributed by atoms with Gasteiger partial charge in [-0.3, -0.25) is 0 Å². The Balaban J connectivity index is 3.24. The van der Waals surface area contributed by atoms with E-state index in [4.69, 9.17) is 11.6 Å². The van der Waals surface area contributed by atoms with Gasteiger partial charge in [-0.15, -0.1) is 11.6 Å². The van der Waals surface area contributed by atoms with Crippen LogP contribution in [-0.2, 0) is 10.0 Å². The summed E-state index contributed by atoms with van der Waals surface area (Å²) in [5.74, 6) is 0.306. The molecule has 0 saturated carbocycles. The van der Waals surface area contributed by atoms with Crippen LogP contribution in [0.25, 0.3) is 0 Å². The summed E-state index contributed by atoms with van der Waals surface area (Å²) in [5.41, 5.74) is 2.08. The molecule has 1 aromatic rings. The predicted octanol–water partition coefficient (Wildman–Crippen LogP) is 3.72. The summed E-state index contributed by atoms with van der Waals surface area (Å²) in [6, 6.07) is 5.28. The van der Waals surface area contributed by atoms with Gasteiger partial charge in [0.05, 0.1) is 4.90 Å². The first kappa shape index (κ1) is 17.5. The van der Waals surface area contributed by atoms with Crippen molar-refractivity contribution in [2.75, 3.05) is 12.4 Å². The van der Waals surface area contributed by atoms with Crippen molar-refractivity contribution < 1.29 is 8.42 Å². The third-order valence-electron chi connectivity index (χ3n) is 3.74. The standard InChI is InChI=1S/C15H24ClNO2S/c1-5-14(6-2)17(10-9-16)20(18,19)15-8-7-12(3)13(4)11-15/h7-8,11,14H,5-6,9-10H2,1-4H3. The molecule has 0 saturated heterocycles. The molecule has 0 bridgehead atoms. The van der Waals surface area contributed by atoms with Crippen LogP contribution in [0.1, 0.15) is 37.8 Å². The largest absolute Gasteiger partial charge is 0.243 e. The number of sulfonamides is 1. The van der Waals surface area contributed by atoms with Crippen LogP contribution in [0.2, 0.25) is 0 Å². The number of nitrogens with zero attached hydrogens (tertiary/aromatic N) is 1. The fourth-order valence-electron chi connectivity index (χ4n) is 2.29. The molecular formula is C15H24ClNO2S. The molecule has 5 heteroatoms. The number of rotatable bonds is 7. The smallest absolute Gasteiger partial charge is 0.207 e. The van der Waals surface area contributed by atoms with Gasteiger partial charge in [-0.2, -0.15) is 4.31 Å². The Kier molecular flexibility index (Phi) is 6.49. The SMILES string of the molecule is CCC(CC)N(CCCl)S(=O)(=O)c1ccc(C)c(C)c1. The van der Waals surface area contributed by atoms with Crippen LogP contribution >= 0.6 is 11.6 Å². The third-order valence-corrected chi connectivity index (χ3v) is 5.86. The molecule has 0 fully saturated rings. The van der Waals surface area contributed by atoms with Crippen molar-refractivity contribution >= 4 is 21.6 Å². The summed E-state index contributed by atoms with van der Waals surface area (Å²) in [6.07, 6.45) is 1.58. The number of alkyl halides is 1. The quantitative estimate of drug-likeness (QED) is 0.719. The van der Waals surface area contributed by atoms with Crippen molar-refractivity contribution in [3.8, 4) is 0 Å². The second-order valence-electron chi connectivity index (χ2n) is 5.02. The highest BCUT2D eigenvalue weighted by Gasteiger charge is 2.29. The molecule has 0 amide bonds. The van der Waals surface area contributed by atoms with E-state index < -0.39 is 10.0 Å². The number of hydrogen-bond acceptors (Lipinski definition) is 2. The Labute approximate surface area is 128 Å². The van der Waals surface area contributed by atoms with Crippen LogP contribution in [0.5, 0.6) is 0 Å². The molecule has 0 atom stereocenters. The highest BCUT2D eigenvalue weighted by Crippen LogP contribution is 2.23. The molecule has 0 aromatic heterocycles. The lowest BCUT2D eigenvalue weighted by Gasteiger charge is -2.29. The highest BCUT2D eigenvalue weighted by molar-refractivity contribution is 7.89. The maximum absolute atomic E-state index is 12.8. The van der Waals surface area contributed by atoms with E-state index in [0.29, 0.717) is 17.3 Å². The zero-order valence-electron chi connectivity index (χ0n) is 12.7. The van der Waals surface area contributed by atoms with Crippen LogP contribution in [0.3, 0.4) is 0 Å². The second kappa shape index (κ2) is 7.43. The minimum absolute atomic E-state index is 0.000333. The molecule has 0 unspecified atom stereocenters. The lowest BCUT2D eigenvalue weighted by atomic mass is 10.1. The van der Waals surface area contributed by atoms with E-state index in [-0.39, 0.29) is 6.04 Å². The zero-order valence-corrected chi connectivity index (χ0v) is 14.3. The normalized spacial score (nSPS) is 12.3. The van der Waals surface area contributed by atoms with E-state index in [0.717, 1.165) is 24.0 Å². The van der Waals surface area contributed by atoms with Gasteiger partial charge >= 0.3 is 0 Å². The Morgan fingerprint density at radius 2 is 1.75 bits per heavy atom. The van der Waals surface area contributed by atoms with Crippen LogP contribution < -0.4 is 0 Å². The molecule has 0 aliphatic rings. The fourth-order valence-corrected chi connectivity index (χ4v) is 4.43. The Bertz CT molecular complexity index is 539. The zero-order chi connectivity index (χ0) is 15.3. The molecule has 1 rings (SSSR count). The average Bonchev–Trinajstić information content (AvgIpc) is 2.42. The van der Waals surface area contributed by atoms with Gasteiger partial charge in [0.25, 0.3) is 0 Å². The van der Waals surface area contributed by atoms with Crippen molar-refractivity contribution in [3.05, 3.63) is 29.3 Å². The van der Waals surface area contributed by atoms with Crippen molar-refractivity contribution in [1.82, 2.24) is 4.31 Å². The molecule has 3 nitrogen and oxygen atoms in total. The van der Waals surface area contributed by atoms with Crippen molar-refractivity contribution in [2.24, 2.45) is 0 Å². The van der Waals surface area contributed by atoms with Gasteiger partial charge in [0.1, 0.15) is 0 Å². The van der Waals surface area contributed by atoms with E-state index in [2.05, 4.69) is 0 Å². The van der Waals surface area contributed by atoms with Gasteiger partial charge in [0, 0.05) is 18.5 Å². The lowest BCUT2D eigenvalue weighted by Crippen LogP contribution is -2.41. The van der Waals surface area contributed by atoms with Gasteiger partial charge in [-0.1, -0.05) is 19.9 Å². The molecule has 114 valence electrons. The average molecular weight is 318 g/mol. The third kappa shape index (κ3) is 3.74. The predicted molar refractivity (Wildman–Crippen MR) is 84.9 cm³/mol. The minimum atomic E-state index is -3.48. The Morgan fingerprint density at radius 1 is 1.15 bits per heavy atom. The van der Waals surface area contributed by atoms with Crippen molar-refractivity contribution in [2.45, 2.75) is 51.5 Å². The summed E-state index contributed by atoms with van der Waals surface area (Å²) < 4.78 is 27.2. The maximum atomic E-state index is 12.8. The first-order valence-corrected chi connectivity index (χ1v) is 9.01. The van der Waals surface area contributed by atoms with Gasteiger partial charge < -0.3 is 0 Å². The molecule has 0 spiro atoms. The summed E-state index contributed by atoms with van der Waals surface area (Å²) >= 11 is 5.80.